The van der Waals surface area contributed by atoms with Crippen LogP contribution in [0.25, 0.3) is 11.3 Å². The van der Waals surface area contributed by atoms with Crippen molar-refractivity contribution in [1.82, 2.24) is 9.29 Å². The lowest BCUT2D eigenvalue weighted by Crippen LogP contribution is -2.17. The summed E-state index contributed by atoms with van der Waals surface area (Å²) in [6, 6.07) is 8.25. The maximum atomic E-state index is 11.7. The number of nitrogens with zero attached hydrogens (tertiary/aromatic N) is 2. The lowest BCUT2D eigenvalue weighted by Gasteiger charge is -2.08. The van der Waals surface area contributed by atoms with Crippen molar-refractivity contribution in [3.63, 3.8) is 0 Å². The summed E-state index contributed by atoms with van der Waals surface area (Å²) in [7, 11) is 4.03. The van der Waals surface area contributed by atoms with Gasteiger partial charge in [-0.2, -0.15) is 0 Å². The Morgan fingerprint density at radius 2 is 1.95 bits per heavy atom. The Hall–Kier alpha value is -1.37. The summed E-state index contributed by atoms with van der Waals surface area (Å²) in [5.41, 5.74) is 1.94. The third-order valence-electron chi connectivity index (χ3n) is 2.70. The number of rotatable bonds is 5. The van der Waals surface area contributed by atoms with E-state index >= 15 is 0 Å². The molecular formula is C15H19N3OS2. The fourth-order valence-electron chi connectivity index (χ4n) is 1.61. The number of hydrogen-bond donors (Lipinski definition) is 1. The zero-order chi connectivity index (χ0) is 15.4. The van der Waals surface area contributed by atoms with Gasteiger partial charge in [0.1, 0.15) is 0 Å². The molecule has 0 atom stereocenters. The molecule has 0 aliphatic heterocycles. The molecule has 1 N–H and O–H groups in total. The molecule has 112 valence electrons. The van der Waals surface area contributed by atoms with Gasteiger partial charge in [-0.1, -0.05) is 26.0 Å². The van der Waals surface area contributed by atoms with Crippen LogP contribution < -0.4 is 5.32 Å². The largest absolute Gasteiger partial charge is 0.302 e. The van der Waals surface area contributed by atoms with E-state index in [-0.39, 0.29) is 11.8 Å². The molecule has 0 aliphatic rings. The van der Waals surface area contributed by atoms with Crippen molar-refractivity contribution in [2.24, 2.45) is 5.92 Å². The number of amides is 1. The molecule has 0 spiro atoms. The topological polar surface area (TPSA) is 45.2 Å². The van der Waals surface area contributed by atoms with E-state index in [1.54, 1.807) is 11.9 Å². The lowest BCUT2D eigenvalue weighted by atomic mass is 10.2. The predicted molar refractivity (Wildman–Crippen MR) is 90.6 cm³/mol. The molecule has 2 rings (SSSR count). The molecule has 0 fully saturated rings. The predicted octanol–water partition coefficient (Wildman–Crippen LogP) is 3.97. The Kier molecular flexibility index (Phi) is 5.39. The maximum Gasteiger partial charge on any atom is 0.228 e. The van der Waals surface area contributed by atoms with Crippen LogP contribution in [-0.2, 0) is 4.79 Å². The molecule has 21 heavy (non-hydrogen) atoms. The highest BCUT2D eigenvalue weighted by Gasteiger charge is 2.10. The number of thiazole rings is 1. The molecule has 0 saturated heterocycles. The second-order valence-corrected chi connectivity index (χ2v) is 7.35. The zero-order valence-corrected chi connectivity index (χ0v) is 14.2. The second-order valence-electron chi connectivity index (χ2n) is 5.11. The van der Waals surface area contributed by atoms with Gasteiger partial charge in [-0.15, -0.1) is 11.3 Å². The molecular weight excluding hydrogens is 302 g/mol. The molecule has 2 aromatic rings. The van der Waals surface area contributed by atoms with Gasteiger partial charge >= 0.3 is 0 Å². The molecule has 0 unspecified atom stereocenters. The Labute approximate surface area is 133 Å². The highest BCUT2D eigenvalue weighted by molar-refractivity contribution is 7.97. The first-order chi connectivity index (χ1) is 9.95. The smallest absolute Gasteiger partial charge is 0.228 e. The lowest BCUT2D eigenvalue weighted by molar-refractivity contribution is -0.118. The number of benzene rings is 1. The highest BCUT2D eigenvalue weighted by atomic mass is 32.2. The molecule has 1 aromatic heterocycles. The van der Waals surface area contributed by atoms with Gasteiger partial charge in [-0.3, -0.25) is 9.10 Å². The summed E-state index contributed by atoms with van der Waals surface area (Å²) in [5, 5.41) is 5.44. The van der Waals surface area contributed by atoms with Crippen LogP contribution in [0.5, 0.6) is 0 Å². The van der Waals surface area contributed by atoms with Gasteiger partial charge in [-0.25, -0.2) is 4.98 Å². The van der Waals surface area contributed by atoms with Crippen molar-refractivity contribution in [1.29, 1.82) is 0 Å². The normalized spacial score (nSPS) is 11.1. The first-order valence-corrected chi connectivity index (χ1v) is 8.33. The van der Waals surface area contributed by atoms with E-state index in [0.29, 0.717) is 5.13 Å². The van der Waals surface area contributed by atoms with E-state index in [9.17, 15) is 4.79 Å². The molecule has 1 amide bonds. The number of carbonyl (C=O) groups excluding carboxylic acids is 1. The van der Waals surface area contributed by atoms with Crippen LogP contribution >= 0.6 is 23.3 Å². The van der Waals surface area contributed by atoms with Gasteiger partial charge in [0, 0.05) is 21.8 Å². The van der Waals surface area contributed by atoms with Crippen molar-refractivity contribution >= 4 is 34.3 Å². The summed E-state index contributed by atoms with van der Waals surface area (Å²) in [6.45, 7) is 3.73. The molecule has 0 saturated carbocycles. The number of carbonyl (C=O) groups is 1. The summed E-state index contributed by atoms with van der Waals surface area (Å²) in [5.74, 6) is -0.0478. The summed E-state index contributed by atoms with van der Waals surface area (Å²) >= 11 is 3.13. The summed E-state index contributed by atoms with van der Waals surface area (Å²) < 4.78 is 2.05. The molecule has 0 aliphatic carbocycles. The Morgan fingerprint density at radius 3 is 2.52 bits per heavy atom. The van der Waals surface area contributed by atoms with Crippen LogP contribution in [0.1, 0.15) is 13.8 Å². The van der Waals surface area contributed by atoms with E-state index in [2.05, 4.69) is 38.9 Å². The first-order valence-electron chi connectivity index (χ1n) is 6.68. The minimum atomic E-state index is -0.0420. The molecule has 0 bridgehead atoms. The van der Waals surface area contributed by atoms with Gasteiger partial charge in [-0.05, 0) is 38.2 Å². The highest BCUT2D eigenvalue weighted by Crippen LogP contribution is 2.27. The first kappa shape index (κ1) is 16.0. The number of aromatic nitrogens is 1. The van der Waals surface area contributed by atoms with Crippen molar-refractivity contribution in [3.8, 4) is 11.3 Å². The van der Waals surface area contributed by atoms with Crippen LogP contribution in [0.15, 0.2) is 34.5 Å². The minimum Gasteiger partial charge on any atom is -0.302 e. The number of hydrogen-bond acceptors (Lipinski definition) is 5. The average Bonchev–Trinajstić information content (AvgIpc) is 2.87. The van der Waals surface area contributed by atoms with Gasteiger partial charge in [0.2, 0.25) is 5.91 Å². The summed E-state index contributed by atoms with van der Waals surface area (Å²) in [6.07, 6.45) is 0. The van der Waals surface area contributed by atoms with Crippen LogP contribution in [-0.4, -0.2) is 29.3 Å². The minimum absolute atomic E-state index is 0.00590. The fraction of sp³-hybridized carbons (Fsp3) is 0.333. The van der Waals surface area contributed by atoms with Gasteiger partial charge in [0.25, 0.3) is 0 Å². The van der Waals surface area contributed by atoms with Crippen molar-refractivity contribution in [2.75, 3.05) is 19.4 Å². The zero-order valence-electron chi connectivity index (χ0n) is 12.6. The van der Waals surface area contributed by atoms with Crippen molar-refractivity contribution in [2.45, 2.75) is 18.7 Å². The average molecular weight is 321 g/mol. The Bertz CT molecular complexity index is 606. The van der Waals surface area contributed by atoms with Gasteiger partial charge in [0.05, 0.1) is 5.69 Å². The molecule has 1 aromatic carbocycles. The Morgan fingerprint density at radius 1 is 1.29 bits per heavy atom. The van der Waals surface area contributed by atoms with E-state index in [1.165, 1.54) is 16.2 Å². The SMILES string of the molecule is CC(C)C(=O)Nc1nc(-c2ccc(SN(C)C)cc2)cs1. The standard InChI is InChI=1S/C15H19N3OS2/c1-10(2)14(19)17-15-16-13(9-20-15)11-5-7-12(8-6-11)21-18(3)4/h5-10H,1-4H3,(H,16,17,19). The number of nitrogens with one attached hydrogen (secondary N) is 1. The van der Waals surface area contributed by atoms with E-state index < -0.39 is 0 Å². The fourth-order valence-corrected chi connectivity index (χ4v) is 3.01. The Balaban J connectivity index is 2.09. The van der Waals surface area contributed by atoms with Crippen LogP contribution in [0.4, 0.5) is 5.13 Å². The van der Waals surface area contributed by atoms with E-state index in [0.717, 1.165) is 11.3 Å². The molecule has 1 heterocycles. The van der Waals surface area contributed by atoms with Crippen LogP contribution in [0, 0.1) is 5.92 Å². The molecule has 4 nitrogen and oxygen atoms in total. The van der Waals surface area contributed by atoms with Crippen molar-refractivity contribution < 1.29 is 4.79 Å². The monoisotopic (exact) mass is 321 g/mol. The van der Waals surface area contributed by atoms with Crippen LogP contribution in [0.2, 0.25) is 0 Å². The van der Waals surface area contributed by atoms with Gasteiger partial charge < -0.3 is 5.32 Å². The maximum absolute atomic E-state index is 11.7. The molecule has 0 radical (unpaired) electrons. The van der Waals surface area contributed by atoms with Crippen LogP contribution in [0.3, 0.4) is 0 Å². The second kappa shape index (κ2) is 7.06. The third-order valence-corrected chi connectivity index (χ3v) is 4.30. The number of anilines is 1. The van der Waals surface area contributed by atoms with Crippen molar-refractivity contribution in [3.05, 3.63) is 29.6 Å². The third kappa shape index (κ3) is 4.56. The molecule has 6 heteroatoms. The van der Waals surface area contributed by atoms with E-state index in [4.69, 9.17) is 0 Å². The van der Waals surface area contributed by atoms with E-state index in [1.807, 2.05) is 33.3 Å². The van der Waals surface area contributed by atoms with Gasteiger partial charge in [0.15, 0.2) is 5.13 Å². The quantitative estimate of drug-likeness (QED) is 0.846. The summed E-state index contributed by atoms with van der Waals surface area (Å²) in [4.78, 5) is 17.3.